The van der Waals surface area contributed by atoms with Crippen molar-refractivity contribution in [2.45, 2.75) is 70.8 Å². The molecule has 0 atom stereocenters. The van der Waals surface area contributed by atoms with Gasteiger partial charge >= 0.3 is 0 Å². The van der Waals surface area contributed by atoms with E-state index in [-0.39, 0.29) is 40.9 Å². The van der Waals surface area contributed by atoms with Crippen molar-refractivity contribution in [3.05, 3.63) is 98.6 Å². The Hall–Kier alpha value is -3.80. The van der Waals surface area contributed by atoms with E-state index >= 15 is 0 Å². The molecule has 2 aromatic heterocycles. The number of allylic oxidation sites excluding steroid dienone is 1. The van der Waals surface area contributed by atoms with Crippen LogP contribution in [0, 0.1) is 12.7 Å². The Morgan fingerprint density at radius 3 is 2.44 bits per heavy atom. The van der Waals surface area contributed by atoms with E-state index in [2.05, 4.69) is 21.0 Å². The molecule has 2 N–H and O–H groups in total. The van der Waals surface area contributed by atoms with Crippen LogP contribution in [0.1, 0.15) is 66.1 Å². The average Bonchev–Trinajstić information content (AvgIpc) is 3.33. The van der Waals surface area contributed by atoms with Gasteiger partial charge in [0.05, 0.1) is 12.2 Å². The third-order valence-corrected chi connectivity index (χ3v) is 7.11. The topological polar surface area (TPSA) is 75.1 Å². The van der Waals surface area contributed by atoms with E-state index < -0.39 is 19.3 Å². The molecule has 1 aromatic carbocycles. The zero-order chi connectivity index (χ0) is 29.5. The minimum Gasteiger partial charge on any atom is -0.300 e. The number of pyridine rings is 1. The summed E-state index contributed by atoms with van der Waals surface area (Å²) in [7, 11) is 1.45. The Morgan fingerprint density at radius 1 is 1.05 bits per heavy atom. The molecule has 7 nitrogen and oxygen atoms in total. The first-order valence-electron chi connectivity index (χ1n) is 13.5. The van der Waals surface area contributed by atoms with Gasteiger partial charge in [-0.3, -0.25) is 20.2 Å². The van der Waals surface area contributed by atoms with Crippen LogP contribution < -0.4 is 16.5 Å². The van der Waals surface area contributed by atoms with Crippen LogP contribution in [0.4, 0.5) is 22.0 Å². The Balaban J connectivity index is 0.000000417. The van der Waals surface area contributed by atoms with Gasteiger partial charge in [0.15, 0.2) is 0 Å². The van der Waals surface area contributed by atoms with E-state index in [1.165, 1.54) is 25.4 Å². The van der Waals surface area contributed by atoms with Gasteiger partial charge in [0.1, 0.15) is 22.9 Å². The maximum atomic E-state index is 13.7. The summed E-state index contributed by atoms with van der Waals surface area (Å²) in [5.41, 5.74) is 7.04. The molecule has 3 aromatic rings. The van der Waals surface area contributed by atoms with Crippen LogP contribution in [0.15, 0.2) is 59.2 Å². The van der Waals surface area contributed by atoms with Gasteiger partial charge in [-0.05, 0) is 61.1 Å². The second-order valence-electron chi connectivity index (χ2n) is 10.1. The zero-order valence-electron chi connectivity index (χ0n) is 22.9. The van der Waals surface area contributed by atoms with E-state index in [0.717, 1.165) is 47.4 Å². The van der Waals surface area contributed by atoms with Crippen molar-refractivity contribution in [1.29, 1.82) is 0 Å². The number of aromatic nitrogens is 3. The van der Waals surface area contributed by atoms with Crippen molar-refractivity contribution in [3.63, 3.8) is 0 Å². The third kappa shape index (κ3) is 7.69. The van der Waals surface area contributed by atoms with Crippen LogP contribution in [-0.2, 0) is 13.0 Å². The first-order valence-corrected chi connectivity index (χ1v) is 13.5. The number of hydrazine groups is 2. The number of nitrogens with one attached hydrogen (secondary N) is 2. The minimum atomic E-state index is -2.78. The number of rotatable bonds is 7. The fourth-order valence-corrected chi connectivity index (χ4v) is 5.09. The van der Waals surface area contributed by atoms with Gasteiger partial charge in [0.25, 0.3) is 12.0 Å². The van der Waals surface area contributed by atoms with Crippen LogP contribution in [0.3, 0.4) is 0 Å². The summed E-state index contributed by atoms with van der Waals surface area (Å²) in [5, 5.41) is 5.51. The van der Waals surface area contributed by atoms with Gasteiger partial charge < -0.3 is 0 Å². The smallest absolute Gasteiger partial charge is 0.281 e. The average molecular weight is 577 g/mol. The molecule has 3 heterocycles. The van der Waals surface area contributed by atoms with E-state index in [4.69, 9.17) is 0 Å². The number of hydrogen-bond acceptors (Lipinski definition) is 6. The molecule has 0 bridgehead atoms. The fourth-order valence-electron chi connectivity index (χ4n) is 5.09. The highest BCUT2D eigenvalue weighted by Gasteiger charge is 2.30. The van der Waals surface area contributed by atoms with Crippen molar-refractivity contribution in [2.75, 3.05) is 7.05 Å². The Kier molecular flexibility index (Phi) is 10.1. The summed E-state index contributed by atoms with van der Waals surface area (Å²) < 4.78 is 66.9. The van der Waals surface area contributed by atoms with Crippen molar-refractivity contribution < 1.29 is 22.0 Å². The number of alkyl halides is 4. The quantitative estimate of drug-likeness (QED) is 0.359. The lowest BCUT2D eigenvalue weighted by Crippen LogP contribution is -2.36. The third-order valence-electron chi connectivity index (χ3n) is 7.11. The normalized spacial score (nSPS) is 15.8. The molecule has 41 heavy (non-hydrogen) atoms. The SMILES string of the molecule is CN1NNC(c2cc(C3CCCCC3)c(=O)n(Cc3ncccc3CC(F)F)n2)=C1C(F)F.Cc1cccc(F)c1. The van der Waals surface area contributed by atoms with Gasteiger partial charge in [-0.15, -0.1) is 5.53 Å². The van der Waals surface area contributed by atoms with Gasteiger partial charge in [0.2, 0.25) is 6.43 Å². The molecule has 1 saturated carbocycles. The Labute approximate surface area is 235 Å². The van der Waals surface area contributed by atoms with Crippen LogP contribution in [0.25, 0.3) is 5.70 Å². The predicted octanol–water partition coefficient (Wildman–Crippen LogP) is 5.56. The first kappa shape index (κ1) is 30.2. The highest BCUT2D eigenvalue weighted by Crippen LogP contribution is 2.32. The molecule has 0 amide bonds. The van der Waals surface area contributed by atoms with Crippen molar-refractivity contribution in [3.8, 4) is 0 Å². The lowest BCUT2D eigenvalue weighted by atomic mass is 9.84. The van der Waals surface area contributed by atoms with Crippen LogP contribution in [0.2, 0.25) is 0 Å². The van der Waals surface area contributed by atoms with E-state index in [0.29, 0.717) is 16.8 Å². The molecule has 220 valence electrons. The van der Waals surface area contributed by atoms with Crippen molar-refractivity contribution in [1.82, 2.24) is 30.7 Å². The molecular formula is C29H33F5N6O. The highest BCUT2D eigenvalue weighted by molar-refractivity contribution is 5.65. The molecule has 12 heteroatoms. The summed E-state index contributed by atoms with van der Waals surface area (Å²) >= 11 is 0. The molecule has 0 radical (unpaired) electrons. The van der Waals surface area contributed by atoms with Crippen LogP contribution in [-0.4, -0.2) is 39.7 Å². The molecular weight excluding hydrogens is 543 g/mol. The summed E-state index contributed by atoms with van der Waals surface area (Å²) in [6.07, 6.45) is 0.328. The van der Waals surface area contributed by atoms with Crippen LogP contribution in [0.5, 0.6) is 0 Å². The molecule has 2 aliphatic rings. The summed E-state index contributed by atoms with van der Waals surface area (Å²) in [5.74, 6) is -0.170. The summed E-state index contributed by atoms with van der Waals surface area (Å²) in [4.78, 5) is 17.6. The Morgan fingerprint density at radius 2 is 1.80 bits per heavy atom. The fraction of sp³-hybridized carbons (Fsp3) is 0.414. The number of benzene rings is 1. The Bertz CT molecular complexity index is 1400. The van der Waals surface area contributed by atoms with E-state index in [1.807, 2.05) is 13.0 Å². The van der Waals surface area contributed by atoms with Crippen LogP contribution >= 0.6 is 0 Å². The second-order valence-corrected chi connectivity index (χ2v) is 10.1. The first-order chi connectivity index (χ1) is 19.6. The van der Waals surface area contributed by atoms with Gasteiger partial charge in [-0.1, -0.05) is 37.5 Å². The maximum Gasteiger partial charge on any atom is 0.281 e. The van der Waals surface area contributed by atoms with E-state index in [1.54, 1.807) is 24.3 Å². The number of aryl methyl sites for hydroxylation is 1. The van der Waals surface area contributed by atoms with Gasteiger partial charge in [-0.25, -0.2) is 26.6 Å². The second kappa shape index (κ2) is 13.7. The molecule has 1 aliphatic carbocycles. The predicted molar refractivity (Wildman–Crippen MR) is 145 cm³/mol. The number of hydrogen-bond donors (Lipinski definition) is 2. The van der Waals surface area contributed by atoms with Crippen molar-refractivity contribution in [2.24, 2.45) is 0 Å². The maximum absolute atomic E-state index is 13.7. The molecule has 0 unspecified atom stereocenters. The molecule has 0 spiro atoms. The lowest BCUT2D eigenvalue weighted by molar-refractivity contribution is 0.138. The summed E-state index contributed by atoms with van der Waals surface area (Å²) in [6.45, 7) is 1.74. The monoisotopic (exact) mass is 576 g/mol. The zero-order valence-corrected chi connectivity index (χ0v) is 22.9. The minimum absolute atomic E-state index is 0.00814. The highest BCUT2D eigenvalue weighted by atomic mass is 19.3. The van der Waals surface area contributed by atoms with E-state index in [9.17, 15) is 26.7 Å². The molecule has 0 saturated heterocycles. The molecule has 5 rings (SSSR count). The summed E-state index contributed by atoms with van der Waals surface area (Å²) in [6, 6.07) is 11.2. The van der Waals surface area contributed by atoms with Gasteiger partial charge in [0, 0.05) is 25.2 Å². The molecule has 1 fully saturated rings. The molecule has 1 aliphatic heterocycles. The van der Waals surface area contributed by atoms with Crippen molar-refractivity contribution >= 4 is 5.70 Å². The number of halogens is 5. The lowest BCUT2D eigenvalue weighted by Gasteiger charge is -2.23. The standard InChI is InChI=1S/C22H26F4N6O.C7H7F/c1-31-20(21(25)26)19(28-30-31)16-11-15(13-6-3-2-4-7-13)22(33)32(29-16)12-17-14(10-18(23)24)8-5-9-27-17;1-6-3-2-4-7(8)5-6/h5,8-9,11,13,18,21,28,30H,2-4,6-7,10,12H2,1H3;2-5H,1H3. The van der Waals surface area contributed by atoms with Gasteiger partial charge in [-0.2, -0.15) is 5.10 Å². The number of nitrogens with zero attached hydrogens (tertiary/aromatic N) is 4. The largest absolute Gasteiger partial charge is 0.300 e.